The molecule has 0 aliphatic carbocycles. The van der Waals surface area contributed by atoms with E-state index in [4.69, 9.17) is 4.74 Å². The summed E-state index contributed by atoms with van der Waals surface area (Å²) < 4.78 is 5.64. The summed E-state index contributed by atoms with van der Waals surface area (Å²) in [5.74, 6) is -1.32. The van der Waals surface area contributed by atoms with Crippen molar-refractivity contribution in [1.82, 2.24) is 0 Å². The number of ether oxygens (including phenoxy) is 1. The summed E-state index contributed by atoms with van der Waals surface area (Å²) >= 11 is 3.24. The van der Waals surface area contributed by atoms with Gasteiger partial charge in [-0.3, -0.25) is 14.9 Å². The molecule has 2 aromatic carbocycles. The van der Waals surface area contributed by atoms with Gasteiger partial charge in [0.15, 0.2) is 6.61 Å². The fraction of sp³-hybridized carbons (Fsp3) is 0.176. The number of hydrogen-bond acceptors (Lipinski definition) is 5. The highest BCUT2D eigenvalue weighted by molar-refractivity contribution is 9.10. The molecule has 0 spiro atoms. The number of benzene rings is 2. The van der Waals surface area contributed by atoms with E-state index in [9.17, 15) is 19.7 Å². The summed E-state index contributed by atoms with van der Waals surface area (Å²) in [6.45, 7) is 2.98. The molecule has 130 valence electrons. The molecular formula is C17H15BrN2O5. The van der Waals surface area contributed by atoms with Crippen LogP contribution in [0.3, 0.4) is 0 Å². The number of halogens is 1. The number of rotatable bonds is 5. The monoisotopic (exact) mass is 406 g/mol. The number of nitrogens with zero attached hydrogens (tertiary/aromatic N) is 1. The van der Waals surface area contributed by atoms with Crippen LogP contribution in [0, 0.1) is 24.0 Å². The summed E-state index contributed by atoms with van der Waals surface area (Å²) in [7, 11) is 0. The third-order valence-corrected chi connectivity index (χ3v) is 3.97. The Morgan fingerprint density at radius 1 is 1.20 bits per heavy atom. The van der Waals surface area contributed by atoms with Crippen LogP contribution in [0.2, 0.25) is 0 Å². The molecule has 1 N–H and O–H groups in total. The van der Waals surface area contributed by atoms with E-state index in [1.54, 1.807) is 38.1 Å². The van der Waals surface area contributed by atoms with Crippen LogP contribution in [0.5, 0.6) is 0 Å². The Kier molecular flexibility index (Phi) is 5.87. The van der Waals surface area contributed by atoms with Crippen LogP contribution in [-0.4, -0.2) is 23.4 Å². The summed E-state index contributed by atoms with van der Waals surface area (Å²) in [4.78, 5) is 34.4. The molecule has 25 heavy (non-hydrogen) atoms. The lowest BCUT2D eigenvalue weighted by Crippen LogP contribution is -2.21. The van der Waals surface area contributed by atoms with E-state index in [-0.39, 0.29) is 11.4 Å². The van der Waals surface area contributed by atoms with Gasteiger partial charge in [-0.15, -0.1) is 0 Å². The summed E-state index contributed by atoms with van der Waals surface area (Å²) in [6, 6.07) is 9.44. The maximum Gasteiger partial charge on any atom is 0.338 e. The number of nitro groups is 1. The average Bonchev–Trinajstić information content (AvgIpc) is 2.55. The van der Waals surface area contributed by atoms with Gasteiger partial charge in [-0.05, 0) is 49.2 Å². The van der Waals surface area contributed by atoms with Gasteiger partial charge in [-0.1, -0.05) is 22.0 Å². The first kappa shape index (κ1) is 18.6. The minimum atomic E-state index is -0.661. The van der Waals surface area contributed by atoms with E-state index >= 15 is 0 Å². The van der Waals surface area contributed by atoms with Crippen LogP contribution >= 0.6 is 15.9 Å². The van der Waals surface area contributed by atoms with E-state index in [0.717, 1.165) is 11.1 Å². The highest BCUT2D eigenvalue weighted by atomic mass is 79.9. The lowest BCUT2D eigenvalue weighted by molar-refractivity contribution is -0.384. The van der Waals surface area contributed by atoms with Crippen molar-refractivity contribution in [1.29, 1.82) is 0 Å². The van der Waals surface area contributed by atoms with Crippen LogP contribution < -0.4 is 5.32 Å². The van der Waals surface area contributed by atoms with E-state index in [2.05, 4.69) is 21.2 Å². The Morgan fingerprint density at radius 3 is 2.52 bits per heavy atom. The Balaban J connectivity index is 2.04. The quantitative estimate of drug-likeness (QED) is 0.462. The van der Waals surface area contributed by atoms with Crippen molar-refractivity contribution in [2.45, 2.75) is 13.8 Å². The third-order valence-electron chi connectivity index (χ3n) is 3.48. The van der Waals surface area contributed by atoms with Crippen LogP contribution in [0.25, 0.3) is 0 Å². The van der Waals surface area contributed by atoms with Crippen molar-refractivity contribution in [3.63, 3.8) is 0 Å². The largest absolute Gasteiger partial charge is 0.452 e. The molecule has 0 aliphatic heterocycles. The second kappa shape index (κ2) is 7.89. The van der Waals surface area contributed by atoms with E-state index in [0.29, 0.717) is 10.0 Å². The lowest BCUT2D eigenvalue weighted by atomic mass is 10.1. The summed E-state index contributed by atoms with van der Waals surface area (Å²) in [5.41, 5.74) is 1.68. The fourth-order valence-corrected chi connectivity index (χ4v) is 2.47. The zero-order valence-corrected chi connectivity index (χ0v) is 15.1. The predicted octanol–water partition coefficient (Wildman–Crippen LogP) is 3.77. The topological polar surface area (TPSA) is 98.5 Å². The van der Waals surface area contributed by atoms with Crippen LogP contribution in [0.1, 0.15) is 21.5 Å². The molecule has 0 atom stereocenters. The molecule has 0 aromatic heterocycles. The van der Waals surface area contributed by atoms with Crippen molar-refractivity contribution in [2.75, 3.05) is 11.9 Å². The second-order valence-corrected chi connectivity index (χ2v) is 6.26. The Labute approximate surface area is 152 Å². The molecule has 0 saturated heterocycles. The van der Waals surface area contributed by atoms with Crippen LogP contribution in [-0.2, 0) is 9.53 Å². The molecule has 2 rings (SSSR count). The molecular weight excluding hydrogens is 392 g/mol. The van der Waals surface area contributed by atoms with Gasteiger partial charge in [-0.2, -0.15) is 0 Å². The van der Waals surface area contributed by atoms with Crippen LogP contribution in [0.15, 0.2) is 40.9 Å². The first-order valence-corrected chi connectivity index (χ1v) is 8.05. The number of amides is 1. The number of carbonyl (C=O) groups excluding carboxylic acids is 2. The fourth-order valence-electron chi connectivity index (χ4n) is 2.07. The second-order valence-electron chi connectivity index (χ2n) is 5.35. The minimum absolute atomic E-state index is 0.0663. The lowest BCUT2D eigenvalue weighted by Gasteiger charge is -2.09. The molecule has 1 amide bonds. The highest BCUT2D eigenvalue weighted by Crippen LogP contribution is 2.27. The van der Waals surface area contributed by atoms with Crippen molar-refractivity contribution in [2.24, 2.45) is 0 Å². The molecule has 7 nitrogen and oxygen atoms in total. The Bertz CT molecular complexity index is 851. The first-order chi connectivity index (χ1) is 11.8. The number of anilines is 1. The van der Waals surface area contributed by atoms with Crippen LogP contribution in [0.4, 0.5) is 11.4 Å². The maximum atomic E-state index is 12.0. The van der Waals surface area contributed by atoms with Crippen molar-refractivity contribution < 1.29 is 19.2 Å². The zero-order valence-electron chi connectivity index (χ0n) is 13.5. The Morgan fingerprint density at radius 2 is 1.88 bits per heavy atom. The van der Waals surface area contributed by atoms with Gasteiger partial charge in [0.2, 0.25) is 0 Å². The smallest absolute Gasteiger partial charge is 0.338 e. The molecule has 0 fully saturated rings. The maximum absolute atomic E-state index is 12.0. The number of nitro benzene ring substituents is 1. The van der Waals surface area contributed by atoms with Crippen molar-refractivity contribution in [3.05, 3.63) is 67.7 Å². The first-order valence-electron chi connectivity index (χ1n) is 7.26. The average molecular weight is 407 g/mol. The van der Waals surface area contributed by atoms with E-state index < -0.39 is 23.4 Å². The SMILES string of the molecule is Cc1cc(NC(=O)COC(=O)c2cccc(Br)c2)c([N+](=O)[O-])cc1C. The van der Waals surface area contributed by atoms with Gasteiger partial charge in [0.05, 0.1) is 10.5 Å². The predicted molar refractivity (Wildman–Crippen MR) is 95.6 cm³/mol. The number of carbonyl (C=O) groups is 2. The molecule has 0 bridgehead atoms. The molecule has 0 saturated carbocycles. The number of hydrogen-bond donors (Lipinski definition) is 1. The van der Waals surface area contributed by atoms with Gasteiger partial charge in [0.25, 0.3) is 11.6 Å². The highest BCUT2D eigenvalue weighted by Gasteiger charge is 2.18. The molecule has 8 heteroatoms. The zero-order chi connectivity index (χ0) is 18.6. The van der Waals surface area contributed by atoms with Crippen molar-refractivity contribution >= 4 is 39.2 Å². The van der Waals surface area contributed by atoms with Gasteiger partial charge >= 0.3 is 5.97 Å². The van der Waals surface area contributed by atoms with Gasteiger partial charge in [-0.25, -0.2) is 4.79 Å². The summed E-state index contributed by atoms with van der Waals surface area (Å²) in [6.07, 6.45) is 0. The van der Waals surface area contributed by atoms with Gasteiger partial charge in [0, 0.05) is 10.5 Å². The van der Waals surface area contributed by atoms with Gasteiger partial charge in [0.1, 0.15) is 5.69 Å². The number of nitrogens with one attached hydrogen (secondary N) is 1. The third kappa shape index (κ3) is 4.87. The van der Waals surface area contributed by atoms with E-state index in [1.807, 2.05) is 0 Å². The summed E-state index contributed by atoms with van der Waals surface area (Å²) in [5, 5.41) is 13.5. The normalized spacial score (nSPS) is 10.2. The molecule has 2 aromatic rings. The standard InChI is InChI=1S/C17H15BrN2O5/c1-10-6-14(15(20(23)24)7-11(10)2)19-16(21)9-25-17(22)12-4-3-5-13(18)8-12/h3-8H,9H2,1-2H3,(H,19,21). The molecule has 0 aliphatic rings. The minimum Gasteiger partial charge on any atom is -0.452 e. The molecule has 0 unspecified atom stereocenters. The number of aryl methyl sites for hydroxylation is 2. The number of esters is 1. The van der Waals surface area contributed by atoms with E-state index in [1.165, 1.54) is 12.1 Å². The van der Waals surface area contributed by atoms with Crippen molar-refractivity contribution in [3.8, 4) is 0 Å². The molecule has 0 heterocycles. The molecule has 0 radical (unpaired) electrons. The van der Waals surface area contributed by atoms with Gasteiger partial charge < -0.3 is 10.1 Å². The Hall–Kier alpha value is -2.74.